The molecule has 0 aliphatic carbocycles. The third-order valence-corrected chi connectivity index (χ3v) is 7.76. The number of carbonyl (C=O) groups excluding carboxylic acids is 1. The van der Waals surface area contributed by atoms with Gasteiger partial charge in [0.1, 0.15) is 12.1 Å². The molecule has 0 spiro atoms. The highest BCUT2D eigenvalue weighted by Crippen LogP contribution is 2.28. The monoisotopic (exact) mass is 477 g/mol. The molecule has 2 unspecified atom stereocenters. The van der Waals surface area contributed by atoms with E-state index < -0.39 is 21.1 Å². The zero-order valence-electron chi connectivity index (χ0n) is 19.8. The number of hydrogen-bond acceptors (Lipinski definition) is 7. The van der Waals surface area contributed by atoms with Crippen molar-refractivity contribution < 1.29 is 18.3 Å². The third kappa shape index (κ3) is 8.23. The predicted molar refractivity (Wildman–Crippen MR) is 127 cm³/mol. The third-order valence-electron chi connectivity index (χ3n) is 5.57. The standard InChI is InChI=1S/C23H35N5O4S/c1-5-7-8-17(6-2)11-20(9-10-29)26-23(30)28-27-21-12-18(14-24)19(15-25)13-22(21)33(31,32)16(3)4/h12-13,16-17,20,27,29H,5-11H2,1-4H3,(H2,26,28,30). The molecule has 182 valence electrons. The van der Waals surface area contributed by atoms with E-state index in [1.165, 1.54) is 19.9 Å². The number of benzene rings is 1. The minimum Gasteiger partial charge on any atom is -0.396 e. The Bertz CT molecular complexity index is 980. The first-order chi connectivity index (χ1) is 15.6. The first-order valence-electron chi connectivity index (χ1n) is 11.3. The molecule has 0 aliphatic rings. The summed E-state index contributed by atoms with van der Waals surface area (Å²) in [4.78, 5) is 12.3. The van der Waals surface area contributed by atoms with Crippen molar-refractivity contribution in [2.75, 3.05) is 12.0 Å². The number of rotatable bonds is 13. The van der Waals surface area contributed by atoms with Gasteiger partial charge in [-0.05, 0) is 44.7 Å². The molecule has 9 nitrogen and oxygen atoms in total. The molecule has 10 heteroatoms. The van der Waals surface area contributed by atoms with Crippen molar-refractivity contribution in [3.63, 3.8) is 0 Å². The van der Waals surface area contributed by atoms with Crippen molar-refractivity contribution in [1.29, 1.82) is 10.5 Å². The molecule has 1 aromatic carbocycles. The van der Waals surface area contributed by atoms with Crippen LogP contribution in [0.15, 0.2) is 17.0 Å². The highest BCUT2D eigenvalue weighted by molar-refractivity contribution is 7.92. The first-order valence-corrected chi connectivity index (χ1v) is 12.8. The maximum Gasteiger partial charge on any atom is 0.333 e. The zero-order chi connectivity index (χ0) is 25.0. The normalized spacial score (nSPS) is 13.0. The van der Waals surface area contributed by atoms with Gasteiger partial charge in [0.05, 0.1) is 27.0 Å². The van der Waals surface area contributed by atoms with Gasteiger partial charge in [-0.1, -0.05) is 39.5 Å². The van der Waals surface area contributed by atoms with Crippen LogP contribution < -0.4 is 16.2 Å². The van der Waals surface area contributed by atoms with Crippen LogP contribution in [0.3, 0.4) is 0 Å². The number of urea groups is 1. The van der Waals surface area contributed by atoms with E-state index in [0.29, 0.717) is 12.3 Å². The summed E-state index contributed by atoms with van der Waals surface area (Å²) in [5.74, 6) is 0.425. The van der Waals surface area contributed by atoms with Gasteiger partial charge < -0.3 is 10.4 Å². The Morgan fingerprint density at radius 1 is 1.12 bits per heavy atom. The van der Waals surface area contributed by atoms with E-state index in [0.717, 1.165) is 38.2 Å². The molecule has 0 radical (unpaired) electrons. The highest BCUT2D eigenvalue weighted by Gasteiger charge is 2.25. The second kappa shape index (κ2) is 13.7. The van der Waals surface area contributed by atoms with Gasteiger partial charge in [0.2, 0.25) is 0 Å². The van der Waals surface area contributed by atoms with Crippen molar-refractivity contribution >= 4 is 21.6 Å². The van der Waals surface area contributed by atoms with Gasteiger partial charge in [0, 0.05) is 12.6 Å². The molecule has 2 atom stereocenters. The number of aliphatic hydroxyl groups is 1. The Morgan fingerprint density at radius 2 is 1.76 bits per heavy atom. The lowest BCUT2D eigenvalue weighted by molar-refractivity contribution is 0.221. The molecule has 0 aromatic heterocycles. The quantitative estimate of drug-likeness (QED) is 0.316. The van der Waals surface area contributed by atoms with Gasteiger partial charge in [0.25, 0.3) is 0 Å². The topological polar surface area (TPSA) is 155 Å². The lowest BCUT2D eigenvalue weighted by atomic mass is 9.91. The van der Waals surface area contributed by atoms with Crippen molar-refractivity contribution in [3.05, 3.63) is 23.3 Å². The van der Waals surface area contributed by atoms with Gasteiger partial charge >= 0.3 is 6.03 Å². The molecule has 4 N–H and O–H groups in total. The summed E-state index contributed by atoms with van der Waals surface area (Å²) < 4.78 is 25.6. The Balaban J connectivity index is 3.04. The summed E-state index contributed by atoms with van der Waals surface area (Å²) in [6, 6.07) is 5.24. The number of sulfone groups is 1. The summed E-state index contributed by atoms with van der Waals surface area (Å²) in [5.41, 5.74) is 4.94. The van der Waals surface area contributed by atoms with Crippen LogP contribution in [0.5, 0.6) is 0 Å². The number of anilines is 1. The Morgan fingerprint density at radius 3 is 2.27 bits per heavy atom. The Hall–Kier alpha value is -2.82. The van der Waals surface area contributed by atoms with Crippen molar-refractivity contribution in [2.45, 2.75) is 82.4 Å². The summed E-state index contributed by atoms with van der Waals surface area (Å²) in [6.07, 6.45) is 5.35. The molecule has 0 saturated carbocycles. The van der Waals surface area contributed by atoms with Crippen LogP contribution in [0.1, 0.15) is 77.3 Å². The van der Waals surface area contributed by atoms with Crippen LogP contribution in [0.4, 0.5) is 10.5 Å². The lowest BCUT2D eigenvalue weighted by Gasteiger charge is -2.24. The second-order valence-electron chi connectivity index (χ2n) is 8.30. The fraction of sp³-hybridized carbons (Fsp3) is 0.609. The maximum atomic E-state index is 12.8. The molecule has 0 fully saturated rings. The highest BCUT2D eigenvalue weighted by atomic mass is 32.2. The minimum atomic E-state index is -3.80. The summed E-state index contributed by atoms with van der Waals surface area (Å²) in [6.45, 7) is 7.17. The number of nitriles is 2. The van der Waals surface area contributed by atoms with E-state index in [2.05, 4.69) is 30.0 Å². The van der Waals surface area contributed by atoms with E-state index in [1.807, 2.05) is 12.1 Å². The fourth-order valence-electron chi connectivity index (χ4n) is 3.49. The van der Waals surface area contributed by atoms with Gasteiger partial charge in [-0.2, -0.15) is 10.5 Å². The number of unbranched alkanes of at least 4 members (excludes halogenated alkanes) is 1. The van der Waals surface area contributed by atoms with E-state index in [9.17, 15) is 28.8 Å². The van der Waals surface area contributed by atoms with E-state index in [1.54, 1.807) is 0 Å². The van der Waals surface area contributed by atoms with Gasteiger partial charge in [-0.25, -0.2) is 13.2 Å². The lowest BCUT2D eigenvalue weighted by Crippen LogP contribution is -2.45. The fourth-order valence-corrected chi connectivity index (χ4v) is 4.69. The number of carbonyl (C=O) groups is 1. The molecule has 0 heterocycles. The molecule has 33 heavy (non-hydrogen) atoms. The molecule has 0 aliphatic heterocycles. The molecular weight excluding hydrogens is 442 g/mol. The van der Waals surface area contributed by atoms with E-state index in [4.69, 9.17) is 0 Å². The average molecular weight is 478 g/mol. The maximum absolute atomic E-state index is 12.8. The van der Waals surface area contributed by atoms with Gasteiger partial charge in [-0.15, -0.1) is 0 Å². The second-order valence-corrected chi connectivity index (χ2v) is 10.8. The van der Waals surface area contributed by atoms with E-state index in [-0.39, 0.29) is 34.4 Å². The molecule has 1 aromatic rings. The Kier molecular flexibility index (Phi) is 11.7. The van der Waals surface area contributed by atoms with Gasteiger partial charge in [-0.3, -0.25) is 10.9 Å². The van der Waals surface area contributed by atoms with Crippen molar-refractivity contribution in [3.8, 4) is 12.1 Å². The molecule has 1 rings (SSSR count). The largest absolute Gasteiger partial charge is 0.396 e. The van der Waals surface area contributed by atoms with Gasteiger partial charge in [0.15, 0.2) is 9.84 Å². The summed E-state index contributed by atoms with van der Waals surface area (Å²) >= 11 is 0. The minimum absolute atomic E-state index is 0.00230. The summed E-state index contributed by atoms with van der Waals surface area (Å²) in [5, 5.41) is 30.0. The molecular formula is C23H35N5O4S. The number of aliphatic hydroxyl groups excluding tert-OH is 1. The smallest absolute Gasteiger partial charge is 0.333 e. The predicted octanol–water partition coefficient (Wildman–Crippen LogP) is 3.60. The molecule has 0 bridgehead atoms. The van der Waals surface area contributed by atoms with Crippen molar-refractivity contribution in [1.82, 2.24) is 10.7 Å². The van der Waals surface area contributed by atoms with Crippen LogP contribution in [-0.4, -0.2) is 37.5 Å². The van der Waals surface area contributed by atoms with Crippen LogP contribution >= 0.6 is 0 Å². The number of hydrogen-bond donors (Lipinski definition) is 4. The number of hydrazine groups is 1. The zero-order valence-corrected chi connectivity index (χ0v) is 20.6. The number of amides is 2. The molecule has 0 saturated heterocycles. The number of nitrogens with zero attached hydrogens (tertiary/aromatic N) is 2. The molecule has 2 amide bonds. The van der Waals surface area contributed by atoms with Crippen LogP contribution in [0.25, 0.3) is 0 Å². The van der Waals surface area contributed by atoms with Crippen LogP contribution in [0.2, 0.25) is 0 Å². The summed E-state index contributed by atoms with van der Waals surface area (Å²) in [7, 11) is -3.80. The first kappa shape index (κ1) is 28.2. The number of nitrogens with one attached hydrogen (secondary N) is 3. The van der Waals surface area contributed by atoms with Crippen LogP contribution in [0, 0.1) is 28.6 Å². The van der Waals surface area contributed by atoms with Crippen LogP contribution in [-0.2, 0) is 9.84 Å². The van der Waals surface area contributed by atoms with E-state index >= 15 is 0 Å². The average Bonchev–Trinajstić information content (AvgIpc) is 2.79. The SMILES string of the molecule is CCCCC(CC)CC(CCO)NC(=O)NNc1cc(C#N)c(C#N)cc1S(=O)(=O)C(C)C. The Labute approximate surface area is 197 Å². The van der Waals surface area contributed by atoms with Crippen molar-refractivity contribution in [2.24, 2.45) is 5.92 Å².